The van der Waals surface area contributed by atoms with Crippen LogP contribution in [0.2, 0.25) is 0 Å². The van der Waals surface area contributed by atoms with Crippen molar-refractivity contribution in [1.29, 1.82) is 5.26 Å². The van der Waals surface area contributed by atoms with Crippen LogP contribution in [0.5, 0.6) is 0 Å². The zero-order chi connectivity index (χ0) is 25.0. The Bertz CT molecular complexity index is 1470. The van der Waals surface area contributed by atoms with Gasteiger partial charge in [0.2, 0.25) is 0 Å². The van der Waals surface area contributed by atoms with Crippen molar-refractivity contribution in [1.82, 2.24) is 4.90 Å². The highest BCUT2D eigenvalue weighted by atomic mass is 15.1. The van der Waals surface area contributed by atoms with E-state index in [9.17, 15) is 5.26 Å². The molecule has 2 aliphatic rings. The van der Waals surface area contributed by atoms with E-state index in [2.05, 4.69) is 114 Å². The van der Waals surface area contributed by atoms with Gasteiger partial charge in [0.25, 0.3) is 0 Å². The molecule has 1 unspecified atom stereocenters. The van der Waals surface area contributed by atoms with E-state index in [-0.39, 0.29) is 5.92 Å². The van der Waals surface area contributed by atoms with Gasteiger partial charge >= 0.3 is 0 Å². The molecule has 4 aromatic carbocycles. The highest BCUT2D eigenvalue weighted by molar-refractivity contribution is 5.95. The first-order valence-electron chi connectivity index (χ1n) is 13.5. The summed E-state index contributed by atoms with van der Waals surface area (Å²) in [5.74, 6) is -0.0430. The lowest BCUT2D eigenvalue weighted by Crippen LogP contribution is -2.32. The summed E-state index contributed by atoms with van der Waals surface area (Å²) in [4.78, 5) is 2.59. The van der Waals surface area contributed by atoms with Crippen LogP contribution < -0.4 is 0 Å². The predicted molar refractivity (Wildman–Crippen MR) is 155 cm³/mol. The fraction of sp³-hybridized carbons (Fsp3) is 0.229. The lowest BCUT2D eigenvalue weighted by Gasteiger charge is -2.30. The zero-order valence-electron chi connectivity index (χ0n) is 21.2. The van der Waals surface area contributed by atoms with E-state index < -0.39 is 0 Å². The molecule has 0 saturated carbocycles. The van der Waals surface area contributed by atoms with Crippen LogP contribution in [0.15, 0.2) is 96.6 Å². The van der Waals surface area contributed by atoms with E-state index in [4.69, 9.17) is 0 Å². The first-order chi connectivity index (χ1) is 18.3. The van der Waals surface area contributed by atoms with Gasteiger partial charge in [-0.1, -0.05) is 103 Å². The number of fused-ring (bicyclic) bond motifs is 3. The highest BCUT2D eigenvalue weighted by Gasteiger charge is 2.22. The second kappa shape index (κ2) is 10.6. The van der Waals surface area contributed by atoms with E-state index in [1.807, 2.05) is 0 Å². The molecule has 1 aliphatic carbocycles. The molecule has 6 rings (SSSR count). The molecule has 0 N–H and O–H groups in total. The van der Waals surface area contributed by atoms with Crippen molar-refractivity contribution in [2.24, 2.45) is 0 Å². The Morgan fingerprint density at radius 3 is 2.03 bits per heavy atom. The molecule has 1 heterocycles. The van der Waals surface area contributed by atoms with Gasteiger partial charge in [0.1, 0.15) is 0 Å². The molecule has 1 atom stereocenters. The number of benzene rings is 4. The van der Waals surface area contributed by atoms with Crippen molar-refractivity contribution in [2.45, 2.75) is 31.6 Å². The molecule has 0 amide bonds. The third kappa shape index (κ3) is 4.88. The lowest BCUT2D eigenvalue weighted by atomic mass is 9.86. The summed E-state index contributed by atoms with van der Waals surface area (Å²) in [6.07, 6.45) is 8.68. The highest BCUT2D eigenvalue weighted by Crippen LogP contribution is 2.38. The van der Waals surface area contributed by atoms with Crippen LogP contribution in [0, 0.1) is 11.3 Å². The van der Waals surface area contributed by atoms with Gasteiger partial charge < -0.3 is 4.90 Å². The number of rotatable bonds is 5. The Hall–Kier alpha value is -3.93. The Balaban J connectivity index is 1.13. The number of nitriles is 1. The Morgan fingerprint density at radius 2 is 1.35 bits per heavy atom. The average molecular weight is 481 g/mol. The number of hydrogen-bond acceptors (Lipinski definition) is 2. The second-order valence-corrected chi connectivity index (χ2v) is 10.3. The summed E-state index contributed by atoms with van der Waals surface area (Å²) < 4.78 is 0. The van der Waals surface area contributed by atoms with Gasteiger partial charge in [-0.2, -0.15) is 5.26 Å². The smallest absolute Gasteiger partial charge is 0.0713 e. The van der Waals surface area contributed by atoms with E-state index in [0.29, 0.717) is 0 Å². The molecule has 0 bridgehead atoms. The maximum absolute atomic E-state index is 9.88. The maximum atomic E-state index is 9.88. The molecule has 1 fully saturated rings. The van der Waals surface area contributed by atoms with Crippen LogP contribution in [0.3, 0.4) is 0 Å². The molecule has 2 nitrogen and oxygen atoms in total. The summed E-state index contributed by atoms with van der Waals surface area (Å²) in [5.41, 5.74) is 9.49. The molecule has 182 valence electrons. The van der Waals surface area contributed by atoms with Crippen LogP contribution in [0.25, 0.3) is 28.5 Å². The van der Waals surface area contributed by atoms with Crippen molar-refractivity contribution < 1.29 is 0 Å². The molecule has 4 aromatic rings. The minimum absolute atomic E-state index is 0.0430. The first-order valence-corrected chi connectivity index (χ1v) is 13.5. The van der Waals surface area contributed by atoms with Crippen LogP contribution in [-0.4, -0.2) is 24.5 Å². The molecule has 0 radical (unpaired) electrons. The van der Waals surface area contributed by atoms with Gasteiger partial charge in [0.05, 0.1) is 12.0 Å². The minimum atomic E-state index is -0.0430. The van der Waals surface area contributed by atoms with Crippen LogP contribution in [-0.2, 0) is 0 Å². The van der Waals surface area contributed by atoms with E-state index in [0.717, 1.165) is 50.9 Å². The number of likely N-dealkylation sites (tertiary alicyclic amines) is 1. The van der Waals surface area contributed by atoms with Gasteiger partial charge in [0, 0.05) is 13.1 Å². The van der Waals surface area contributed by atoms with Gasteiger partial charge in [-0.15, -0.1) is 0 Å². The van der Waals surface area contributed by atoms with Gasteiger partial charge in [-0.05, 0) is 82.5 Å². The quantitative estimate of drug-likeness (QED) is 0.253. The second-order valence-electron chi connectivity index (χ2n) is 10.3. The standard InChI is InChI=1S/C35H32N2/c36-25-32(31-18-15-26-8-1-2-11-30(26)24-31)12-7-21-37-22-19-29(20-23-37)35-33-13-5-3-9-27(33)16-17-28-10-4-6-14-34(28)35/h1-6,8-11,13-18,24,32H,7,12,19-23H2. The third-order valence-electron chi connectivity index (χ3n) is 8.01. The monoisotopic (exact) mass is 480 g/mol. The van der Waals surface area contributed by atoms with E-state index in [1.165, 1.54) is 38.6 Å². The molecule has 37 heavy (non-hydrogen) atoms. The van der Waals surface area contributed by atoms with Crippen molar-refractivity contribution in [3.63, 3.8) is 0 Å². The molecular weight excluding hydrogens is 448 g/mol. The number of nitrogens with zero attached hydrogens (tertiary/aromatic N) is 2. The average Bonchev–Trinajstić information content (AvgIpc) is 3.12. The Labute approximate surface area is 220 Å². The van der Waals surface area contributed by atoms with E-state index >= 15 is 0 Å². The molecule has 0 aromatic heterocycles. The lowest BCUT2D eigenvalue weighted by molar-refractivity contribution is 0.251. The number of hydrogen-bond donors (Lipinski definition) is 0. The van der Waals surface area contributed by atoms with E-state index in [1.54, 1.807) is 5.57 Å². The van der Waals surface area contributed by atoms with Gasteiger partial charge in [-0.3, -0.25) is 0 Å². The zero-order valence-corrected chi connectivity index (χ0v) is 21.2. The summed E-state index contributed by atoms with van der Waals surface area (Å²) in [7, 11) is 0. The summed E-state index contributed by atoms with van der Waals surface area (Å²) >= 11 is 0. The predicted octanol–water partition coefficient (Wildman–Crippen LogP) is 8.31. The Kier molecular flexibility index (Phi) is 6.72. The summed E-state index contributed by atoms with van der Waals surface area (Å²) in [5, 5.41) is 12.3. The largest absolute Gasteiger partial charge is 0.303 e. The molecule has 1 saturated heterocycles. The van der Waals surface area contributed by atoms with Gasteiger partial charge in [-0.25, -0.2) is 0 Å². The summed E-state index contributed by atoms with van der Waals surface area (Å²) in [6.45, 7) is 3.23. The van der Waals surface area contributed by atoms with Crippen LogP contribution in [0.4, 0.5) is 0 Å². The van der Waals surface area contributed by atoms with Crippen molar-refractivity contribution >= 4 is 28.5 Å². The SMILES string of the molecule is N#CC(CCCN1CCC(=C2c3ccccc3C=Cc3ccccc32)CC1)c1ccc2ccccc2c1. The van der Waals surface area contributed by atoms with Crippen molar-refractivity contribution in [3.8, 4) is 6.07 Å². The molecule has 2 heteroatoms. The molecule has 0 spiro atoms. The minimum Gasteiger partial charge on any atom is -0.303 e. The van der Waals surface area contributed by atoms with Crippen LogP contribution >= 0.6 is 0 Å². The van der Waals surface area contributed by atoms with Crippen molar-refractivity contribution in [3.05, 3.63) is 124 Å². The van der Waals surface area contributed by atoms with Gasteiger partial charge in [0.15, 0.2) is 0 Å². The fourth-order valence-electron chi connectivity index (χ4n) is 5.99. The normalized spacial score (nSPS) is 16.1. The van der Waals surface area contributed by atoms with Crippen LogP contribution in [0.1, 0.15) is 59.4 Å². The first kappa shape index (κ1) is 23.5. The summed E-state index contributed by atoms with van der Waals surface area (Å²) in [6, 6.07) is 35.1. The Morgan fingerprint density at radius 1 is 0.730 bits per heavy atom. The number of piperidine rings is 1. The molecule has 1 aliphatic heterocycles. The fourth-order valence-corrected chi connectivity index (χ4v) is 5.99. The maximum Gasteiger partial charge on any atom is 0.0713 e. The van der Waals surface area contributed by atoms with Crippen molar-refractivity contribution in [2.75, 3.05) is 19.6 Å². The topological polar surface area (TPSA) is 27.0 Å². The molecular formula is C35H32N2. The third-order valence-corrected chi connectivity index (χ3v) is 8.01.